The van der Waals surface area contributed by atoms with Crippen molar-refractivity contribution in [2.75, 3.05) is 18.0 Å². The van der Waals surface area contributed by atoms with Crippen LogP contribution in [-0.4, -0.2) is 18.6 Å². The van der Waals surface area contributed by atoms with Crippen LogP contribution in [0, 0.1) is 18.3 Å². The van der Waals surface area contributed by atoms with Crippen LogP contribution in [0.15, 0.2) is 22.7 Å². The minimum Gasteiger partial charge on any atom is -0.368 e. The summed E-state index contributed by atoms with van der Waals surface area (Å²) >= 11 is 3.45. The second-order valence-electron chi connectivity index (χ2n) is 4.37. The summed E-state index contributed by atoms with van der Waals surface area (Å²) < 4.78 is 1.08. The Kier molecular flexibility index (Phi) is 2.92. The first-order valence-electron chi connectivity index (χ1n) is 5.25. The van der Waals surface area contributed by atoms with Crippen LogP contribution in [0.1, 0.15) is 12.0 Å². The molecule has 1 aromatic rings. The van der Waals surface area contributed by atoms with E-state index in [-0.39, 0.29) is 0 Å². The smallest absolute Gasteiger partial charge is 0.123 e. The molecule has 1 fully saturated rings. The van der Waals surface area contributed by atoms with E-state index < -0.39 is 5.54 Å². The summed E-state index contributed by atoms with van der Waals surface area (Å²) in [5, 5.41) is 8.99. The third kappa shape index (κ3) is 2.06. The molecule has 3 nitrogen and oxygen atoms in total. The van der Waals surface area contributed by atoms with Crippen molar-refractivity contribution >= 4 is 21.6 Å². The van der Waals surface area contributed by atoms with Gasteiger partial charge in [-0.1, -0.05) is 15.9 Å². The van der Waals surface area contributed by atoms with Crippen molar-refractivity contribution in [1.82, 2.24) is 0 Å². The van der Waals surface area contributed by atoms with Gasteiger partial charge >= 0.3 is 0 Å². The van der Waals surface area contributed by atoms with Gasteiger partial charge in [0.2, 0.25) is 0 Å². The van der Waals surface area contributed by atoms with E-state index >= 15 is 0 Å². The molecule has 0 aromatic heterocycles. The lowest BCUT2D eigenvalue weighted by Gasteiger charge is -2.22. The highest BCUT2D eigenvalue weighted by atomic mass is 79.9. The third-order valence-electron chi connectivity index (χ3n) is 3.02. The van der Waals surface area contributed by atoms with Crippen LogP contribution in [0.2, 0.25) is 0 Å². The lowest BCUT2D eigenvalue weighted by atomic mass is 10.0. The van der Waals surface area contributed by atoms with Gasteiger partial charge in [-0.15, -0.1) is 0 Å². The number of benzene rings is 1. The first kappa shape index (κ1) is 11.4. The number of nitrogens with two attached hydrogens (primary N) is 1. The molecule has 1 unspecified atom stereocenters. The van der Waals surface area contributed by atoms with E-state index in [1.807, 2.05) is 6.07 Å². The van der Waals surface area contributed by atoms with E-state index in [1.165, 1.54) is 11.3 Å². The Morgan fingerprint density at radius 3 is 2.88 bits per heavy atom. The predicted molar refractivity (Wildman–Crippen MR) is 68.2 cm³/mol. The molecule has 84 valence electrons. The minimum absolute atomic E-state index is 0.617. The van der Waals surface area contributed by atoms with E-state index in [1.54, 1.807) is 0 Å². The van der Waals surface area contributed by atoms with Gasteiger partial charge < -0.3 is 10.6 Å². The van der Waals surface area contributed by atoms with Crippen LogP contribution in [0.5, 0.6) is 0 Å². The molecule has 1 aliphatic heterocycles. The summed E-state index contributed by atoms with van der Waals surface area (Å²) in [4.78, 5) is 2.19. The zero-order valence-corrected chi connectivity index (χ0v) is 10.8. The summed E-state index contributed by atoms with van der Waals surface area (Å²) in [6.07, 6.45) is 0.735. The topological polar surface area (TPSA) is 53.0 Å². The number of hydrogen-bond acceptors (Lipinski definition) is 3. The molecule has 0 bridgehead atoms. The van der Waals surface area contributed by atoms with Gasteiger partial charge in [0.15, 0.2) is 0 Å². The standard InChI is InChI=1S/C12H14BrN3/c1-9-6-10(13)2-3-11(9)16-5-4-12(15,7-14)8-16/h2-3,6H,4-5,8,15H2,1H3. The molecule has 1 aliphatic rings. The van der Waals surface area contributed by atoms with E-state index in [9.17, 15) is 0 Å². The molecule has 1 heterocycles. The lowest BCUT2D eigenvalue weighted by molar-refractivity contribution is 0.606. The second-order valence-corrected chi connectivity index (χ2v) is 5.29. The number of rotatable bonds is 1. The van der Waals surface area contributed by atoms with Crippen LogP contribution in [0.25, 0.3) is 0 Å². The maximum absolute atomic E-state index is 8.99. The molecule has 1 atom stereocenters. The van der Waals surface area contributed by atoms with Crippen LogP contribution in [0.4, 0.5) is 5.69 Å². The molecule has 0 amide bonds. The summed E-state index contributed by atoms with van der Waals surface area (Å²) in [7, 11) is 0. The molecule has 4 heteroatoms. The summed E-state index contributed by atoms with van der Waals surface area (Å²) in [5.74, 6) is 0. The predicted octanol–water partition coefficient (Wildman–Crippen LogP) is 2.19. The molecule has 0 spiro atoms. The maximum Gasteiger partial charge on any atom is 0.123 e. The van der Waals surface area contributed by atoms with Crippen molar-refractivity contribution in [3.05, 3.63) is 28.2 Å². The molecule has 1 saturated heterocycles. The van der Waals surface area contributed by atoms with Crippen molar-refractivity contribution < 1.29 is 0 Å². The van der Waals surface area contributed by atoms with Crippen molar-refractivity contribution in [1.29, 1.82) is 5.26 Å². The van der Waals surface area contributed by atoms with Crippen molar-refractivity contribution in [3.63, 3.8) is 0 Å². The van der Waals surface area contributed by atoms with Crippen LogP contribution in [-0.2, 0) is 0 Å². The fraction of sp³-hybridized carbons (Fsp3) is 0.417. The Hall–Kier alpha value is -1.05. The highest BCUT2D eigenvalue weighted by Gasteiger charge is 2.34. The van der Waals surface area contributed by atoms with Crippen molar-refractivity contribution in [2.24, 2.45) is 5.73 Å². The fourth-order valence-electron chi connectivity index (χ4n) is 2.10. The Morgan fingerprint density at radius 1 is 1.56 bits per heavy atom. The number of anilines is 1. The number of nitrogens with zero attached hydrogens (tertiary/aromatic N) is 2. The molecule has 0 radical (unpaired) electrons. The highest BCUT2D eigenvalue weighted by molar-refractivity contribution is 9.10. The zero-order valence-electron chi connectivity index (χ0n) is 9.20. The normalized spacial score (nSPS) is 24.5. The van der Waals surface area contributed by atoms with Gasteiger partial charge in [-0.25, -0.2) is 0 Å². The van der Waals surface area contributed by atoms with E-state index in [4.69, 9.17) is 11.0 Å². The summed E-state index contributed by atoms with van der Waals surface area (Å²) in [6, 6.07) is 8.37. The van der Waals surface area contributed by atoms with Gasteiger partial charge in [0.25, 0.3) is 0 Å². The van der Waals surface area contributed by atoms with E-state index in [0.29, 0.717) is 6.54 Å². The lowest BCUT2D eigenvalue weighted by Crippen LogP contribution is -2.41. The van der Waals surface area contributed by atoms with Crippen molar-refractivity contribution in [2.45, 2.75) is 18.9 Å². The largest absolute Gasteiger partial charge is 0.368 e. The monoisotopic (exact) mass is 279 g/mol. The van der Waals surface area contributed by atoms with Crippen LogP contribution >= 0.6 is 15.9 Å². The average Bonchev–Trinajstić information content (AvgIpc) is 2.62. The first-order valence-corrected chi connectivity index (χ1v) is 6.05. The highest BCUT2D eigenvalue weighted by Crippen LogP contribution is 2.29. The Morgan fingerprint density at radius 2 is 2.31 bits per heavy atom. The summed E-state index contributed by atoms with van der Waals surface area (Å²) in [6.45, 7) is 3.54. The third-order valence-corrected chi connectivity index (χ3v) is 3.52. The molecule has 0 aliphatic carbocycles. The fourth-order valence-corrected chi connectivity index (χ4v) is 2.58. The molecule has 1 aromatic carbocycles. The van der Waals surface area contributed by atoms with Gasteiger partial charge in [0, 0.05) is 23.2 Å². The maximum atomic E-state index is 8.99. The van der Waals surface area contributed by atoms with E-state index in [0.717, 1.165) is 17.4 Å². The molecule has 16 heavy (non-hydrogen) atoms. The number of hydrogen-bond donors (Lipinski definition) is 1. The Labute approximate surface area is 104 Å². The Bertz CT molecular complexity index is 452. The number of aryl methyl sites for hydroxylation is 1. The summed E-state index contributed by atoms with van der Waals surface area (Å²) in [5.41, 5.74) is 7.65. The minimum atomic E-state index is -0.681. The molecule has 2 rings (SSSR count). The molecular weight excluding hydrogens is 266 g/mol. The van der Waals surface area contributed by atoms with Gasteiger partial charge in [0.1, 0.15) is 5.54 Å². The van der Waals surface area contributed by atoms with Crippen molar-refractivity contribution in [3.8, 4) is 6.07 Å². The van der Waals surface area contributed by atoms with Crippen LogP contribution in [0.3, 0.4) is 0 Å². The average molecular weight is 280 g/mol. The zero-order chi connectivity index (χ0) is 11.8. The van der Waals surface area contributed by atoms with Gasteiger partial charge in [-0.05, 0) is 37.1 Å². The SMILES string of the molecule is Cc1cc(Br)ccc1N1CCC(N)(C#N)C1. The molecule has 2 N–H and O–H groups in total. The van der Waals surface area contributed by atoms with Gasteiger partial charge in [-0.2, -0.15) is 5.26 Å². The number of nitriles is 1. The van der Waals surface area contributed by atoms with Crippen LogP contribution < -0.4 is 10.6 Å². The quantitative estimate of drug-likeness (QED) is 0.858. The molecular formula is C12H14BrN3. The second kappa shape index (κ2) is 4.08. The van der Waals surface area contributed by atoms with Gasteiger partial charge in [-0.3, -0.25) is 0 Å². The number of halogens is 1. The molecule has 0 saturated carbocycles. The first-order chi connectivity index (χ1) is 7.54. The van der Waals surface area contributed by atoms with E-state index in [2.05, 4.69) is 46.0 Å². The Balaban J connectivity index is 2.25. The van der Waals surface area contributed by atoms with Gasteiger partial charge in [0.05, 0.1) is 6.07 Å².